The quantitative estimate of drug-likeness (QED) is 0.297. The fourth-order valence-corrected chi connectivity index (χ4v) is 2.22. The molecule has 0 spiro atoms. The highest BCUT2D eigenvalue weighted by Crippen LogP contribution is 2.09. The molecular weight excluding hydrogens is 194 g/mol. The molecule has 0 saturated carbocycles. The number of thioether (sulfide) groups is 1. The van der Waals surface area contributed by atoms with Crippen LogP contribution >= 0.6 is 11.8 Å². The summed E-state index contributed by atoms with van der Waals surface area (Å²) in [5, 5.41) is 7.34. The lowest BCUT2D eigenvalue weighted by Crippen LogP contribution is -2.48. The van der Waals surface area contributed by atoms with Crippen molar-refractivity contribution in [2.24, 2.45) is 5.73 Å². The number of nitrogens with one attached hydrogen (secondary N) is 1. The van der Waals surface area contributed by atoms with Gasteiger partial charge in [-0.3, -0.25) is 5.41 Å². The monoisotopic (exact) mass is 218 g/mol. The summed E-state index contributed by atoms with van der Waals surface area (Å²) in [5.74, 6) is 0.981. The van der Waals surface area contributed by atoms with Gasteiger partial charge in [-0.25, -0.2) is 0 Å². The Morgan fingerprint density at radius 2 is 1.71 bits per heavy atom. The van der Waals surface area contributed by atoms with Gasteiger partial charge in [0.05, 0.1) is 26.2 Å². The van der Waals surface area contributed by atoms with E-state index in [1.54, 1.807) is 0 Å². The van der Waals surface area contributed by atoms with E-state index in [2.05, 4.69) is 20.8 Å². The van der Waals surface area contributed by atoms with Gasteiger partial charge in [0, 0.05) is 12.2 Å². The molecule has 0 aromatic heterocycles. The zero-order valence-corrected chi connectivity index (χ0v) is 10.5. The van der Waals surface area contributed by atoms with Gasteiger partial charge in [-0.1, -0.05) is 11.8 Å². The van der Waals surface area contributed by atoms with E-state index < -0.39 is 0 Å². The van der Waals surface area contributed by atoms with Crippen LogP contribution in [0, 0.1) is 5.41 Å². The van der Waals surface area contributed by atoms with Gasteiger partial charge in [-0.05, 0) is 20.8 Å². The molecule has 14 heavy (non-hydrogen) atoms. The molecule has 0 atom stereocenters. The van der Waals surface area contributed by atoms with Crippen LogP contribution in [0.3, 0.4) is 0 Å². The largest absolute Gasteiger partial charge is 0.379 e. The van der Waals surface area contributed by atoms with E-state index in [-0.39, 0.29) is 5.17 Å². The third-order valence-electron chi connectivity index (χ3n) is 3.05. The summed E-state index contributed by atoms with van der Waals surface area (Å²) in [4.78, 5) is 0. The Kier molecular flexibility index (Phi) is 7.01. The summed E-state index contributed by atoms with van der Waals surface area (Å²) >= 11 is 1.45. The van der Waals surface area contributed by atoms with Crippen LogP contribution in [0.15, 0.2) is 0 Å². The Bertz CT molecular complexity index is 158. The molecule has 0 aromatic rings. The lowest BCUT2D eigenvalue weighted by molar-refractivity contribution is -0.923. The Labute approximate surface area is 92.1 Å². The van der Waals surface area contributed by atoms with E-state index in [0.717, 1.165) is 12.2 Å². The van der Waals surface area contributed by atoms with Crippen molar-refractivity contribution in [3.8, 4) is 0 Å². The second kappa shape index (κ2) is 7.12. The van der Waals surface area contributed by atoms with Gasteiger partial charge < -0.3 is 10.2 Å². The molecule has 0 aliphatic rings. The average Bonchev–Trinajstić information content (AvgIpc) is 2.19. The van der Waals surface area contributed by atoms with E-state index in [0.29, 0.717) is 0 Å². The lowest BCUT2D eigenvalue weighted by atomic mass is 10.3. The standard InChI is InChI=1S/C10H24N3S/c1-4-13(5-2,6-3)8-7-9-14-10(11)12/h4-9H2,1-3H3,(H3,11,12)/q+1. The Morgan fingerprint density at radius 3 is 2.07 bits per heavy atom. The van der Waals surface area contributed by atoms with Crippen molar-refractivity contribution >= 4 is 16.9 Å². The van der Waals surface area contributed by atoms with Gasteiger partial charge in [-0.2, -0.15) is 0 Å². The Hall–Kier alpha value is -0.220. The minimum absolute atomic E-state index is 0.243. The molecule has 0 bridgehead atoms. The van der Waals surface area contributed by atoms with E-state index in [1.807, 2.05) is 0 Å². The number of nitrogens with two attached hydrogens (primary N) is 1. The highest BCUT2D eigenvalue weighted by molar-refractivity contribution is 8.13. The van der Waals surface area contributed by atoms with Crippen molar-refractivity contribution in [2.75, 3.05) is 31.9 Å². The normalized spacial score (nSPS) is 11.6. The van der Waals surface area contributed by atoms with E-state index >= 15 is 0 Å². The summed E-state index contributed by atoms with van der Waals surface area (Å²) in [6.45, 7) is 11.6. The van der Waals surface area contributed by atoms with Crippen LogP contribution in [0.5, 0.6) is 0 Å². The number of hydrogen-bond donors (Lipinski definition) is 2. The maximum absolute atomic E-state index is 7.10. The van der Waals surface area contributed by atoms with Gasteiger partial charge in [0.15, 0.2) is 5.17 Å². The van der Waals surface area contributed by atoms with E-state index in [1.165, 1.54) is 42.4 Å². The topological polar surface area (TPSA) is 49.9 Å². The van der Waals surface area contributed by atoms with Crippen LogP contribution < -0.4 is 5.73 Å². The number of hydrogen-bond acceptors (Lipinski definition) is 2. The van der Waals surface area contributed by atoms with Gasteiger partial charge in [0.25, 0.3) is 0 Å². The van der Waals surface area contributed by atoms with Crippen LogP contribution in [0.1, 0.15) is 27.2 Å². The van der Waals surface area contributed by atoms with Crippen LogP contribution in [-0.2, 0) is 0 Å². The van der Waals surface area contributed by atoms with Crippen molar-refractivity contribution in [2.45, 2.75) is 27.2 Å². The molecule has 0 aliphatic carbocycles. The molecule has 3 N–H and O–H groups in total. The maximum Gasteiger partial charge on any atom is 0.151 e. The van der Waals surface area contributed by atoms with Crippen molar-refractivity contribution in [3.05, 3.63) is 0 Å². The summed E-state index contributed by atoms with van der Waals surface area (Å²) in [7, 11) is 0. The minimum Gasteiger partial charge on any atom is -0.379 e. The van der Waals surface area contributed by atoms with E-state index in [9.17, 15) is 0 Å². The zero-order chi connectivity index (χ0) is 11.0. The first-order valence-electron chi connectivity index (χ1n) is 5.42. The third kappa shape index (κ3) is 4.86. The molecule has 0 aromatic carbocycles. The van der Waals surface area contributed by atoms with Gasteiger partial charge >= 0.3 is 0 Å². The fraction of sp³-hybridized carbons (Fsp3) is 0.900. The minimum atomic E-state index is 0.243. The maximum atomic E-state index is 7.10. The second-order valence-corrected chi connectivity index (χ2v) is 4.72. The van der Waals surface area contributed by atoms with Gasteiger partial charge in [-0.15, -0.1) is 0 Å². The average molecular weight is 218 g/mol. The number of amidine groups is 1. The molecule has 0 unspecified atom stereocenters. The molecular formula is C10H24N3S+. The van der Waals surface area contributed by atoms with Crippen LogP contribution in [0.25, 0.3) is 0 Å². The van der Waals surface area contributed by atoms with Crippen LogP contribution in [-0.4, -0.2) is 41.6 Å². The van der Waals surface area contributed by atoms with Crippen molar-refractivity contribution in [1.29, 1.82) is 5.41 Å². The SMILES string of the molecule is CC[N+](CC)(CC)CCCSC(=N)N. The fourth-order valence-electron chi connectivity index (χ4n) is 1.73. The molecule has 0 fully saturated rings. The molecule has 0 rings (SSSR count). The van der Waals surface area contributed by atoms with Crippen LogP contribution in [0.4, 0.5) is 0 Å². The summed E-state index contributed by atoms with van der Waals surface area (Å²) in [6, 6.07) is 0. The Morgan fingerprint density at radius 1 is 1.21 bits per heavy atom. The van der Waals surface area contributed by atoms with Gasteiger partial charge in [0.2, 0.25) is 0 Å². The van der Waals surface area contributed by atoms with Gasteiger partial charge in [0.1, 0.15) is 0 Å². The van der Waals surface area contributed by atoms with Crippen LogP contribution in [0.2, 0.25) is 0 Å². The lowest BCUT2D eigenvalue weighted by Gasteiger charge is -2.35. The van der Waals surface area contributed by atoms with Crippen molar-refractivity contribution in [1.82, 2.24) is 0 Å². The molecule has 3 nitrogen and oxygen atoms in total. The molecule has 0 radical (unpaired) electrons. The molecule has 0 aliphatic heterocycles. The first-order valence-corrected chi connectivity index (χ1v) is 6.40. The highest BCUT2D eigenvalue weighted by Gasteiger charge is 2.19. The molecule has 4 heteroatoms. The molecule has 0 heterocycles. The first kappa shape index (κ1) is 13.8. The number of rotatable bonds is 7. The second-order valence-electron chi connectivity index (χ2n) is 3.58. The van der Waals surface area contributed by atoms with Crippen molar-refractivity contribution < 1.29 is 4.48 Å². The number of nitrogens with zero attached hydrogens (tertiary/aromatic N) is 1. The summed E-state index contributed by atoms with van der Waals surface area (Å²) in [5.41, 5.74) is 5.28. The molecule has 0 amide bonds. The highest BCUT2D eigenvalue weighted by atomic mass is 32.2. The summed E-state index contributed by atoms with van der Waals surface area (Å²) < 4.78 is 1.19. The molecule has 84 valence electrons. The number of quaternary nitrogens is 1. The summed E-state index contributed by atoms with van der Waals surface area (Å²) in [6.07, 6.45) is 1.15. The van der Waals surface area contributed by atoms with Crippen molar-refractivity contribution in [3.63, 3.8) is 0 Å². The third-order valence-corrected chi connectivity index (χ3v) is 3.85. The predicted octanol–water partition coefficient (Wildman–Crippen LogP) is 1.88. The predicted molar refractivity (Wildman–Crippen MR) is 65.7 cm³/mol. The Balaban J connectivity index is 3.77. The first-order chi connectivity index (χ1) is 6.60. The smallest absolute Gasteiger partial charge is 0.151 e. The molecule has 0 saturated heterocycles. The van der Waals surface area contributed by atoms with E-state index in [4.69, 9.17) is 11.1 Å². The zero-order valence-electron chi connectivity index (χ0n) is 9.68.